The number of benzene rings is 1. The minimum absolute atomic E-state index is 0.0795. The van der Waals surface area contributed by atoms with Crippen molar-refractivity contribution in [3.05, 3.63) is 29.3 Å². The molecule has 1 aliphatic carbocycles. The van der Waals surface area contributed by atoms with Crippen LogP contribution in [0.3, 0.4) is 0 Å². The molecule has 1 fully saturated rings. The number of sulfonamides is 1. The summed E-state index contributed by atoms with van der Waals surface area (Å²) in [7, 11) is -2.68. The van der Waals surface area contributed by atoms with E-state index in [2.05, 4.69) is 4.72 Å². The highest BCUT2D eigenvalue weighted by molar-refractivity contribution is 7.89. The second-order valence-corrected chi connectivity index (χ2v) is 6.71. The van der Waals surface area contributed by atoms with E-state index in [1.165, 1.54) is 7.11 Å². The smallest absolute Gasteiger partial charge is 0.243 e. The van der Waals surface area contributed by atoms with Crippen LogP contribution in [0.1, 0.15) is 24.8 Å². The summed E-state index contributed by atoms with van der Waals surface area (Å²) in [6.45, 7) is -0.0795. The van der Waals surface area contributed by atoms with Crippen molar-refractivity contribution in [2.45, 2.75) is 42.8 Å². The summed E-state index contributed by atoms with van der Waals surface area (Å²) in [5.41, 5.74) is 5.58. The van der Waals surface area contributed by atoms with Gasteiger partial charge in [-0.1, -0.05) is 0 Å². The van der Waals surface area contributed by atoms with E-state index in [9.17, 15) is 17.2 Å². The van der Waals surface area contributed by atoms with Crippen LogP contribution in [-0.4, -0.2) is 27.7 Å². The lowest BCUT2D eigenvalue weighted by Crippen LogP contribution is -2.41. The summed E-state index contributed by atoms with van der Waals surface area (Å²) < 4.78 is 59.4. The fraction of sp³-hybridized carbons (Fsp3) is 0.538. The third-order valence-electron chi connectivity index (χ3n) is 3.64. The van der Waals surface area contributed by atoms with Crippen molar-refractivity contribution >= 4 is 10.0 Å². The molecule has 1 saturated carbocycles. The maximum atomic E-state index is 13.8. The second kappa shape index (κ2) is 6.35. The standard InChI is InChI=1S/C13H18F2N2O3S/c1-20-11-4-2-3-10(11)17-21(18,19)12-6-8(7-16)5-9(14)13(12)15/h5-6,10-11,17H,2-4,7,16H2,1H3. The van der Waals surface area contributed by atoms with Crippen LogP contribution < -0.4 is 10.5 Å². The highest BCUT2D eigenvalue weighted by atomic mass is 32.2. The van der Waals surface area contributed by atoms with E-state index in [1.54, 1.807) is 0 Å². The number of nitrogens with one attached hydrogen (secondary N) is 1. The molecule has 0 aromatic heterocycles. The molecule has 1 aliphatic rings. The van der Waals surface area contributed by atoms with Gasteiger partial charge in [-0.25, -0.2) is 21.9 Å². The normalized spacial score (nSPS) is 22.7. The zero-order chi connectivity index (χ0) is 15.6. The fourth-order valence-electron chi connectivity index (χ4n) is 2.54. The fourth-order valence-corrected chi connectivity index (χ4v) is 3.97. The van der Waals surface area contributed by atoms with E-state index in [1.807, 2.05) is 0 Å². The van der Waals surface area contributed by atoms with Gasteiger partial charge in [0.05, 0.1) is 6.10 Å². The molecular formula is C13H18F2N2O3S. The summed E-state index contributed by atoms with van der Waals surface area (Å²) in [5, 5.41) is 0. The van der Waals surface area contributed by atoms with Crippen LogP contribution in [-0.2, 0) is 21.3 Å². The van der Waals surface area contributed by atoms with Crippen LogP contribution in [0.2, 0.25) is 0 Å². The third-order valence-corrected chi connectivity index (χ3v) is 5.13. The second-order valence-electron chi connectivity index (χ2n) is 5.03. The number of rotatable bonds is 5. The molecule has 0 radical (unpaired) electrons. The number of hydrogen-bond donors (Lipinski definition) is 2. The molecule has 5 nitrogen and oxygen atoms in total. The maximum Gasteiger partial charge on any atom is 0.243 e. The van der Waals surface area contributed by atoms with Gasteiger partial charge in [0.1, 0.15) is 4.90 Å². The van der Waals surface area contributed by atoms with Crippen LogP contribution >= 0.6 is 0 Å². The molecule has 8 heteroatoms. The molecule has 21 heavy (non-hydrogen) atoms. The van der Waals surface area contributed by atoms with Crippen molar-refractivity contribution in [1.29, 1.82) is 0 Å². The van der Waals surface area contributed by atoms with Crippen molar-refractivity contribution in [3.63, 3.8) is 0 Å². The van der Waals surface area contributed by atoms with Gasteiger partial charge in [-0.05, 0) is 37.0 Å². The molecule has 0 saturated heterocycles. The molecule has 118 valence electrons. The van der Waals surface area contributed by atoms with Gasteiger partial charge in [-0.15, -0.1) is 0 Å². The van der Waals surface area contributed by atoms with Gasteiger partial charge in [-0.2, -0.15) is 0 Å². The molecule has 0 aliphatic heterocycles. The van der Waals surface area contributed by atoms with E-state index < -0.39 is 32.6 Å². The Hall–Kier alpha value is -1.09. The molecule has 1 aromatic rings. The average Bonchev–Trinajstić information content (AvgIpc) is 2.87. The average molecular weight is 320 g/mol. The number of methoxy groups -OCH3 is 1. The van der Waals surface area contributed by atoms with Gasteiger partial charge >= 0.3 is 0 Å². The van der Waals surface area contributed by atoms with Crippen LogP contribution in [0.4, 0.5) is 8.78 Å². The van der Waals surface area contributed by atoms with Gasteiger partial charge < -0.3 is 10.5 Å². The zero-order valence-corrected chi connectivity index (χ0v) is 12.4. The Labute approximate surface area is 122 Å². The number of nitrogens with two attached hydrogens (primary N) is 1. The Morgan fingerprint density at radius 1 is 1.38 bits per heavy atom. The Bertz CT molecular complexity index is 622. The molecule has 0 bridgehead atoms. The first-order chi connectivity index (χ1) is 9.89. The SMILES string of the molecule is COC1CCCC1NS(=O)(=O)c1cc(CN)cc(F)c1F. The van der Waals surface area contributed by atoms with Crippen molar-refractivity contribution in [2.75, 3.05) is 7.11 Å². The molecule has 2 rings (SSSR count). The lowest BCUT2D eigenvalue weighted by Gasteiger charge is -2.20. The summed E-state index contributed by atoms with van der Waals surface area (Å²) in [6, 6.07) is 1.50. The monoisotopic (exact) mass is 320 g/mol. The Kier molecular flexibility index (Phi) is 4.92. The Morgan fingerprint density at radius 2 is 2.10 bits per heavy atom. The minimum atomic E-state index is -4.17. The third kappa shape index (κ3) is 3.39. The Balaban J connectivity index is 2.33. The highest BCUT2D eigenvalue weighted by Crippen LogP contribution is 2.25. The van der Waals surface area contributed by atoms with E-state index >= 15 is 0 Å². The molecule has 3 N–H and O–H groups in total. The van der Waals surface area contributed by atoms with Gasteiger partial charge in [0.2, 0.25) is 10.0 Å². The minimum Gasteiger partial charge on any atom is -0.380 e. The number of halogens is 2. The van der Waals surface area contributed by atoms with E-state index in [-0.39, 0.29) is 18.2 Å². The van der Waals surface area contributed by atoms with Crippen molar-refractivity contribution in [2.24, 2.45) is 5.73 Å². The van der Waals surface area contributed by atoms with Crippen LogP contribution in [0.25, 0.3) is 0 Å². The van der Waals surface area contributed by atoms with E-state index in [4.69, 9.17) is 10.5 Å². The van der Waals surface area contributed by atoms with Gasteiger partial charge in [0, 0.05) is 19.7 Å². The van der Waals surface area contributed by atoms with Crippen LogP contribution in [0.5, 0.6) is 0 Å². The Morgan fingerprint density at radius 3 is 2.71 bits per heavy atom. The number of hydrogen-bond acceptors (Lipinski definition) is 4. The molecule has 0 amide bonds. The molecule has 0 heterocycles. The predicted octanol–water partition coefficient (Wildman–Crippen LogP) is 1.27. The van der Waals surface area contributed by atoms with Crippen molar-refractivity contribution in [3.8, 4) is 0 Å². The highest BCUT2D eigenvalue weighted by Gasteiger charge is 2.33. The molecule has 2 unspecified atom stereocenters. The first kappa shape index (κ1) is 16.3. The van der Waals surface area contributed by atoms with Gasteiger partial charge in [0.15, 0.2) is 11.6 Å². The molecule has 1 aromatic carbocycles. The first-order valence-corrected chi connectivity index (χ1v) is 8.10. The van der Waals surface area contributed by atoms with Gasteiger partial charge in [0.25, 0.3) is 0 Å². The summed E-state index contributed by atoms with van der Waals surface area (Å²) in [6.07, 6.45) is 1.87. The van der Waals surface area contributed by atoms with Crippen LogP contribution in [0.15, 0.2) is 17.0 Å². The number of ether oxygens (including phenoxy) is 1. The molecule has 0 spiro atoms. The zero-order valence-electron chi connectivity index (χ0n) is 11.6. The largest absolute Gasteiger partial charge is 0.380 e. The maximum absolute atomic E-state index is 13.8. The molecular weight excluding hydrogens is 302 g/mol. The van der Waals surface area contributed by atoms with Crippen LogP contribution in [0, 0.1) is 11.6 Å². The first-order valence-electron chi connectivity index (χ1n) is 6.62. The van der Waals surface area contributed by atoms with Crippen molar-refractivity contribution < 1.29 is 21.9 Å². The lowest BCUT2D eigenvalue weighted by molar-refractivity contribution is 0.0916. The predicted molar refractivity (Wildman–Crippen MR) is 73.0 cm³/mol. The quantitative estimate of drug-likeness (QED) is 0.856. The van der Waals surface area contributed by atoms with E-state index in [0.29, 0.717) is 6.42 Å². The molecule has 2 atom stereocenters. The summed E-state index contributed by atoms with van der Waals surface area (Å²) in [5.74, 6) is -2.63. The summed E-state index contributed by atoms with van der Waals surface area (Å²) >= 11 is 0. The van der Waals surface area contributed by atoms with Crippen molar-refractivity contribution in [1.82, 2.24) is 4.72 Å². The van der Waals surface area contributed by atoms with E-state index in [0.717, 1.165) is 25.0 Å². The topological polar surface area (TPSA) is 81.4 Å². The van der Waals surface area contributed by atoms with Gasteiger partial charge in [-0.3, -0.25) is 0 Å². The lowest BCUT2D eigenvalue weighted by atomic mass is 10.2. The summed E-state index contributed by atoms with van der Waals surface area (Å²) in [4.78, 5) is -0.718.